The highest BCUT2D eigenvalue weighted by Gasteiger charge is 2.24. The fourth-order valence-electron chi connectivity index (χ4n) is 2.90. The first-order chi connectivity index (χ1) is 10.4. The Hall–Kier alpha value is -0.0800. The SMILES string of the molecule is CCNC(=NCC(OC)C(C)(C)C)NCC1CCCN(C)C1.I. The van der Waals surface area contributed by atoms with Crippen LogP contribution in [0.15, 0.2) is 4.99 Å². The number of halogens is 1. The summed E-state index contributed by atoms with van der Waals surface area (Å²) in [7, 11) is 3.97. The summed E-state index contributed by atoms with van der Waals surface area (Å²) >= 11 is 0. The van der Waals surface area contributed by atoms with E-state index >= 15 is 0 Å². The minimum Gasteiger partial charge on any atom is -0.379 e. The number of nitrogens with one attached hydrogen (secondary N) is 2. The van der Waals surface area contributed by atoms with Gasteiger partial charge >= 0.3 is 0 Å². The molecule has 5 nitrogen and oxygen atoms in total. The zero-order valence-electron chi connectivity index (χ0n) is 15.8. The summed E-state index contributed by atoms with van der Waals surface area (Å²) < 4.78 is 5.58. The van der Waals surface area contributed by atoms with E-state index in [9.17, 15) is 0 Å². The number of methoxy groups -OCH3 is 1. The van der Waals surface area contributed by atoms with Crippen molar-refractivity contribution in [2.75, 3.05) is 46.9 Å². The molecule has 0 aromatic rings. The van der Waals surface area contributed by atoms with Gasteiger partial charge in [-0.2, -0.15) is 0 Å². The fourth-order valence-corrected chi connectivity index (χ4v) is 2.90. The number of aliphatic imine (C=N–C) groups is 1. The van der Waals surface area contributed by atoms with Crippen molar-refractivity contribution in [3.8, 4) is 0 Å². The van der Waals surface area contributed by atoms with Crippen LogP contribution in [-0.4, -0.2) is 63.8 Å². The van der Waals surface area contributed by atoms with Gasteiger partial charge in [0.25, 0.3) is 0 Å². The number of piperidine rings is 1. The molecular formula is C17H37IN4O. The van der Waals surface area contributed by atoms with Gasteiger partial charge in [-0.1, -0.05) is 20.8 Å². The van der Waals surface area contributed by atoms with Gasteiger partial charge < -0.3 is 20.3 Å². The average Bonchev–Trinajstić information content (AvgIpc) is 2.44. The number of hydrogen-bond acceptors (Lipinski definition) is 3. The third kappa shape index (κ3) is 9.10. The molecule has 0 bridgehead atoms. The first-order valence-electron chi connectivity index (χ1n) is 8.60. The van der Waals surface area contributed by atoms with Crippen molar-refractivity contribution in [3.05, 3.63) is 0 Å². The molecule has 6 heteroatoms. The lowest BCUT2D eigenvalue weighted by molar-refractivity contribution is 0.0241. The molecule has 1 aliphatic heterocycles. The molecule has 0 aromatic heterocycles. The Morgan fingerprint density at radius 3 is 2.57 bits per heavy atom. The zero-order valence-corrected chi connectivity index (χ0v) is 18.1. The van der Waals surface area contributed by atoms with E-state index in [-0.39, 0.29) is 35.5 Å². The minimum atomic E-state index is 0. The summed E-state index contributed by atoms with van der Waals surface area (Å²) in [6.07, 6.45) is 2.73. The van der Waals surface area contributed by atoms with Crippen LogP contribution in [0, 0.1) is 11.3 Å². The number of ether oxygens (including phenoxy) is 1. The molecule has 23 heavy (non-hydrogen) atoms. The summed E-state index contributed by atoms with van der Waals surface area (Å²) in [5, 5.41) is 6.83. The zero-order chi connectivity index (χ0) is 16.6. The molecule has 0 aromatic carbocycles. The van der Waals surface area contributed by atoms with E-state index in [0.29, 0.717) is 12.5 Å². The van der Waals surface area contributed by atoms with E-state index in [1.165, 1.54) is 25.9 Å². The lowest BCUT2D eigenvalue weighted by Gasteiger charge is -2.30. The van der Waals surface area contributed by atoms with Crippen molar-refractivity contribution in [2.24, 2.45) is 16.3 Å². The number of guanidine groups is 1. The van der Waals surface area contributed by atoms with Gasteiger partial charge in [0.1, 0.15) is 0 Å². The Labute approximate surface area is 160 Å². The quantitative estimate of drug-likeness (QED) is 0.379. The summed E-state index contributed by atoms with van der Waals surface area (Å²) in [5.74, 6) is 1.62. The van der Waals surface area contributed by atoms with Gasteiger partial charge in [-0.3, -0.25) is 4.99 Å². The first kappa shape index (κ1) is 22.9. The molecule has 1 aliphatic rings. The van der Waals surface area contributed by atoms with Crippen molar-refractivity contribution in [3.63, 3.8) is 0 Å². The van der Waals surface area contributed by atoms with E-state index in [4.69, 9.17) is 9.73 Å². The van der Waals surface area contributed by atoms with E-state index in [0.717, 1.165) is 19.0 Å². The Kier molecular flexibility index (Phi) is 11.4. The molecule has 0 saturated carbocycles. The summed E-state index contributed by atoms with van der Waals surface area (Å²) in [5.41, 5.74) is 0.0989. The Morgan fingerprint density at radius 2 is 2.04 bits per heavy atom. The number of hydrogen-bond donors (Lipinski definition) is 2. The largest absolute Gasteiger partial charge is 0.379 e. The summed E-state index contributed by atoms with van der Waals surface area (Å²) in [4.78, 5) is 7.13. The fraction of sp³-hybridized carbons (Fsp3) is 0.941. The van der Waals surface area contributed by atoms with Crippen LogP contribution >= 0.6 is 24.0 Å². The third-order valence-corrected chi connectivity index (χ3v) is 4.29. The van der Waals surface area contributed by atoms with Gasteiger partial charge in [-0.15, -0.1) is 24.0 Å². The van der Waals surface area contributed by atoms with Gasteiger partial charge in [0.2, 0.25) is 0 Å². The Bertz CT molecular complexity index is 344. The second-order valence-electron chi connectivity index (χ2n) is 7.46. The average molecular weight is 440 g/mol. The predicted octanol–water partition coefficient (Wildman–Crippen LogP) is 2.56. The maximum Gasteiger partial charge on any atom is 0.191 e. The monoisotopic (exact) mass is 440 g/mol. The van der Waals surface area contributed by atoms with E-state index in [1.807, 2.05) is 0 Å². The molecule has 0 amide bonds. The molecule has 0 radical (unpaired) electrons. The van der Waals surface area contributed by atoms with Gasteiger partial charge in [0.05, 0.1) is 12.6 Å². The highest BCUT2D eigenvalue weighted by Crippen LogP contribution is 2.21. The maximum absolute atomic E-state index is 5.58. The van der Waals surface area contributed by atoms with Crippen LogP contribution in [-0.2, 0) is 4.74 Å². The number of nitrogens with zero attached hydrogens (tertiary/aromatic N) is 2. The van der Waals surface area contributed by atoms with Crippen LogP contribution in [0.1, 0.15) is 40.5 Å². The smallest absolute Gasteiger partial charge is 0.191 e. The van der Waals surface area contributed by atoms with E-state index < -0.39 is 0 Å². The van der Waals surface area contributed by atoms with Crippen LogP contribution in [0.25, 0.3) is 0 Å². The molecule has 1 heterocycles. The van der Waals surface area contributed by atoms with Crippen molar-refractivity contribution < 1.29 is 4.74 Å². The Morgan fingerprint density at radius 1 is 1.35 bits per heavy atom. The van der Waals surface area contributed by atoms with Crippen molar-refractivity contribution >= 4 is 29.9 Å². The van der Waals surface area contributed by atoms with E-state index in [2.05, 4.69) is 50.3 Å². The predicted molar refractivity (Wildman–Crippen MR) is 110 cm³/mol. The second kappa shape index (κ2) is 11.5. The first-order valence-corrected chi connectivity index (χ1v) is 8.60. The standard InChI is InChI=1S/C17H36N4O.HI/c1-7-18-16(20-12-15(22-6)17(2,3)4)19-11-14-9-8-10-21(5)13-14;/h14-15H,7-13H2,1-6H3,(H2,18,19,20);1H. The number of rotatable bonds is 6. The number of likely N-dealkylation sites (tertiary alicyclic amines) is 1. The summed E-state index contributed by atoms with van der Waals surface area (Å²) in [6.45, 7) is 13.6. The van der Waals surface area contributed by atoms with Gasteiger partial charge in [-0.05, 0) is 44.7 Å². The van der Waals surface area contributed by atoms with Crippen molar-refractivity contribution in [2.45, 2.75) is 46.6 Å². The molecule has 1 fully saturated rings. The second-order valence-corrected chi connectivity index (χ2v) is 7.46. The molecule has 2 N–H and O–H groups in total. The summed E-state index contributed by atoms with van der Waals surface area (Å²) in [6, 6.07) is 0. The minimum absolute atomic E-state index is 0. The molecule has 138 valence electrons. The molecule has 0 aliphatic carbocycles. The maximum atomic E-state index is 5.58. The molecular weight excluding hydrogens is 403 g/mol. The van der Waals surface area contributed by atoms with Crippen molar-refractivity contribution in [1.29, 1.82) is 0 Å². The normalized spacial score (nSPS) is 21.5. The lowest BCUT2D eigenvalue weighted by atomic mass is 9.89. The topological polar surface area (TPSA) is 48.9 Å². The molecule has 2 unspecified atom stereocenters. The van der Waals surface area contributed by atoms with Crippen LogP contribution < -0.4 is 10.6 Å². The Balaban J connectivity index is 0.00000484. The highest BCUT2D eigenvalue weighted by molar-refractivity contribution is 14.0. The van der Waals surface area contributed by atoms with Crippen LogP contribution in [0.4, 0.5) is 0 Å². The van der Waals surface area contributed by atoms with Crippen molar-refractivity contribution in [1.82, 2.24) is 15.5 Å². The van der Waals surface area contributed by atoms with Gasteiger partial charge in [-0.25, -0.2) is 0 Å². The molecule has 0 spiro atoms. The van der Waals surface area contributed by atoms with Gasteiger partial charge in [0, 0.05) is 26.7 Å². The van der Waals surface area contributed by atoms with E-state index in [1.54, 1.807) is 7.11 Å². The van der Waals surface area contributed by atoms with Crippen LogP contribution in [0.3, 0.4) is 0 Å². The van der Waals surface area contributed by atoms with Crippen LogP contribution in [0.2, 0.25) is 0 Å². The third-order valence-electron chi connectivity index (χ3n) is 4.29. The molecule has 1 rings (SSSR count). The highest BCUT2D eigenvalue weighted by atomic mass is 127. The lowest BCUT2D eigenvalue weighted by Crippen LogP contribution is -2.44. The van der Waals surface area contributed by atoms with Crippen LogP contribution in [0.5, 0.6) is 0 Å². The molecule has 2 atom stereocenters. The molecule has 1 saturated heterocycles. The van der Waals surface area contributed by atoms with Gasteiger partial charge in [0.15, 0.2) is 5.96 Å².